The normalized spacial score (nSPS) is 14.5. The number of nitrogens with one attached hydrogen (secondary N) is 4. The van der Waals surface area contributed by atoms with Crippen molar-refractivity contribution in [2.24, 2.45) is 0 Å². The number of hydrogen-bond donors (Lipinski definition) is 3. The molecule has 0 radical (unpaired) electrons. The second-order valence-corrected chi connectivity index (χ2v) is 7.46. The third-order valence-corrected chi connectivity index (χ3v) is 5.57. The van der Waals surface area contributed by atoms with Crippen molar-refractivity contribution in [3.8, 4) is 5.75 Å². The first kappa shape index (κ1) is 20.7. The Morgan fingerprint density at radius 2 is 1.97 bits per heavy atom. The summed E-state index contributed by atoms with van der Waals surface area (Å²) in [5, 5.41) is 3.57. The van der Waals surface area contributed by atoms with Crippen LogP contribution in [0.3, 0.4) is 0 Å². The van der Waals surface area contributed by atoms with Crippen molar-refractivity contribution in [3.63, 3.8) is 0 Å². The Labute approximate surface area is 179 Å². The third-order valence-electron chi connectivity index (χ3n) is 5.57. The molecule has 4 N–H and O–H groups in total. The highest BCUT2D eigenvalue weighted by atomic mass is 16.5. The molecule has 4 rings (SSSR count). The number of hydrogen-bond acceptors (Lipinski definition) is 5. The molecule has 162 valence electrons. The fraction of sp³-hybridized carbons (Fsp3) is 0.318. The van der Waals surface area contributed by atoms with E-state index in [0.29, 0.717) is 28.9 Å². The maximum Gasteiger partial charge on any atom is 0.356 e. The van der Waals surface area contributed by atoms with Gasteiger partial charge in [-0.3, -0.25) is 9.69 Å². The molecule has 1 amide bonds. The first-order chi connectivity index (χ1) is 15.1. The maximum atomic E-state index is 12.9. The number of nitrogens with zero attached hydrogens (tertiary/aromatic N) is 1. The highest BCUT2D eigenvalue weighted by Crippen LogP contribution is 2.35. The van der Waals surface area contributed by atoms with Gasteiger partial charge in [0.25, 0.3) is 11.7 Å². The topological polar surface area (TPSA) is 102 Å². The number of H-pyrrole nitrogens is 2. The molecule has 3 aromatic rings. The first-order valence-corrected chi connectivity index (χ1v) is 10.2. The van der Waals surface area contributed by atoms with E-state index in [1.54, 1.807) is 13.2 Å². The van der Waals surface area contributed by atoms with Gasteiger partial charge >= 0.3 is 5.97 Å². The summed E-state index contributed by atoms with van der Waals surface area (Å²) in [6, 6.07) is 11.4. The van der Waals surface area contributed by atoms with E-state index in [0.717, 1.165) is 32.0 Å². The van der Waals surface area contributed by atoms with Crippen LogP contribution in [0.15, 0.2) is 42.6 Å². The minimum absolute atomic E-state index is 0.160. The molecule has 0 atom stereocenters. The van der Waals surface area contributed by atoms with Gasteiger partial charge in [-0.05, 0) is 18.2 Å². The van der Waals surface area contributed by atoms with E-state index < -0.39 is 5.97 Å². The lowest BCUT2D eigenvalue weighted by Crippen LogP contribution is -3.15. The number of esters is 1. The summed E-state index contributed by atoms with van der Waals surface area (Å²) < 4.78 is 10.3. The second-order valence-electron chi connectivity index (χ2n) is 7.46. The van der Waals surface area contributed by atoms with Gasteiger partial charge in [0.15, 0.2) is 6.54 Å². The molecule has 31 heavy (non-hydrogen) atoms. The van der Waals surface area contributed by atoms with Crippen LogP contribution >= 0.6 is 0 Å². The smallest absolute Gasteiger partial charge is 0.356 e. The van der Waals surface area contributed by atoms with Crippen LogP contribution in [0.4, 0.5) is 11.5 Å². The highest BCUT2D eigenvalue weighted by Gasteiger charge is 2.28. The van der Waals surface area contributed by atoms with E-state index in [1.165, 1.54) is 12.0 Å². The number of quaternary nitrogens is 1. The van der Waals surface area contributed by atoms with Gasteiger partial charge in [0.05, 0.1) is 37.0 Å². The number of aromatic nitrogens is 2. The van der Waals surface area contributed by atoms with E-state index >= 15 is 0 Å². The number of rotatable bonds is 6. The molecule has 9 nitrogen and oxygen atoms in total. The van der Waals surface area contributed by atoms with Gasteiger partial charge in [0.2, 0.25) is 0 Å². The van der Waals surface area contributed by atoms with E-state index in [1.807, 2.05) is 30.5 Å². The Balaban J connectivity index is 1.47. The largest absolute Gasteiger partial charge is 0.496 e. The lowest BCUT2D eigenvalue weighted by molar-refractivity contribution is -0.892. The maximum absolute atomic E-state index is 12.9. The third kappa shape index (κ3) is 4.31. The molecular weight excluding hydrogens is 398 g/mol. The summed E-state index contributed by atoms with van der Waals surface area (Å²) in [4.78, 5) is 34.9. The van der Waals surface area contributed by atoms with Gasteiger partial charge in [0.1, 0.15) is 37.6 Å². The van der Waals surface area contributed by atoms with E-state index in [4.69, 9.17) is 9.47 Å². The summed E-state index contributed by atoms with van der Waals surface area (Å²) in [7, 11) is 2.86. The number of anilines is 2. The van der Waals surface area contributed by atoms with Crippen molar-refractivity contribution < 1.29 is 28.9 Å². The number of amides is 1. The van der Waals surface area contributed by atoms with Gasteiger partial charge in [-0.15, -0.1) is 0 Å². The fourth-order valence-corrected chi connectivity index (χ4v) is 4.00. The molecule has 9 heteroatoms. The average Bonchev–Trinajstić information content (AvgIpc) is 3.18. The molecule has 2 aromatic heterocycles. The zero-order chi connectivity index (χ0) is 21.8. The van der Waals surface area contributed by atoms with Crippen LogP contribution in [0.25, 0.3) is 10.9 Å². The second kappa shape index (κ2) is 9.05. The summed E-state index contributed by atoms with van der Waals surface area (Å²) in [6.45, 7) is 3.72. The predicted octanol–water partition coefficient (Wildman–Crippen LogP) is 0.121. The standard InChI is InChI=1S/C22H25N5O4/c1-30-16-7-5-6-15-19(16)20(21(24-15)22(29)31-2)25-18(28)14-26-10-12-27(13-11-26)17-8-3-4-9-23-17/h3-9,24H,10-14H2,1-2H3,(H,25,28)/p+2. The number of ether oxygens (including phenoxy) is 2. The summed E-state index contributed by atoms with van der Waals surface area (Å²) >= 11 is 0. The van der Waals surface area contributed by atoms with Crippen LogP contribution in [0.1, 0.15) is 10.5 Å². The number of aromatic amines is 2. The Bertz CT molecular complexity index is 1070. The van der Waals surface area contributed by atoms with Gasteiger partial charge < -0.3 is 24.7 Å². The molecule has 1 saturated heterocycles. The molecule has 0 aliphatic carbocycles. The van der Waals surface area contributed by atoms with E-state index in [-0.39, 0.29) is 11.6 Å². The number of methoxy groups -OCH3 is 2. The monoisotopic (exact) mass is 425 g/mol. The number of fused-ring (bicyclic) bond motifs is 1. The van der Waals surface area contributed by atoms with Crippen molar-refractivity contribution in [1.82, 2.24) is 4.98 Å². The Hall–Kier alpha value is -3.59. The van der Waals surface area contributed by atoms with Crippen molar-refractivity contribution in [2.45, 2.75) is 0 Å². The number of pyridine rings is 1. The van der Waals surface area contributed by atoms with Crippen LogP contribution < -0.4 is 24.8 Å². The SMILES string of the molecule is COC(=O)c1[nH]c2cccc(OC)c2c1NC(=O)C[NH+]1CCN(c2cccc[nH+]2)CC1. The molecule has 0 bridgehead atoms. The van der Waals surface area contributed by atoms with Gasteiger partial charge in [-0.2, -0.15) is 0 Å². The number of carbonyl (C=O) groups is 2. The van der Waals surface area contributed by atoms with Gasteiger partial charge in [-0.25, -0.2) is 9.78 Å². The molecular formula is C22H27N5O4+2. The summed E-state index contributed by atoms with van der Waals surface area (Å²) in [5.41, 5.74) is 1.28. The quantitative estimate of drug-likeness (QED) is 0.487. The molecule has 1 aliphatic heterocycles. The fourth-order valence-electron chi connectivity index (χ4n) is 4.00. The number of piperazine rings is 1. The lowest BCUT2D eigenvalue weighted by Gasteiger charge is -2.27. The van der Waals surface area contributed by atoms with Crippen molar-refractivity contribution >= 4 is 34.3 Å². The lowest BCUT2D eigenvalue weighted by atomic mass is 10.2. The minimum Gasteiger partial charge on any atom is -0.496 e. The Kier molecular flexibility index (Phi) is 6.03. The van der Waals surface area contributed by atoms with Crippen molar-refractivity contribution in [3.05, 3.63) is 48.3 Å². The van der Waals surface area contributed by atoms with Crippen LogP contribution in [-0.2, 0) is 9.53 Å². The average molecular weight is 425 g/mol. The zero-order valence-electron chi connectivity index (χ0n) is 17.7. The molecule has 3 heterocycles. The Morgan fingerprint density at radius 1 is 1.16 bits per heavy atom. The van der Waals surface area contributed by atoms with Crippen molar-refractivity contribution in [2.75, 3.05) is 57.2 Å². The van der Waals surface area contributed by atoms with E-state index in [9.17, 15) is 9.59 Å². The zero-order valence-corrected chi connectivity index (χ0v) is 17.7. The molecule has 1 aliphatic rings. The number of carbonyl (C=O) groups excluding carboxylic acids is 2. The molecule has 0 saturated carbocycles. The van der Waals surface area contributed by atoms with Crippen LogP contribution in [0.2, 0.25) is 0 Å². The highest BCUT2D eigenvalue weighted by molar-refractivity contribution is 6.13. The molecule has 0 spiro atoms. The molecule has 1 fully saturated rings. The van der Waals surface area contributed by atoms with Crippen LogP contribution in [-0.4, -0.2) is 63.8 Å². The number of benzene rings is 1. The van der Waals surface area contributed by atoms with Crippen LogP contribution in [0, 0.1) is 0 Å². The van der Waals surface area contributed by atoms with Gasteiger partial charge in [-0.1, -0.05) is 12.1 Å². The van der Waals surface area contributed by atoms with Crippen LogP contribution in [0.5, 0.6) is 5.75 Å². The molecule has 1 aromatic carbocycles. The predicted molar refractivity (Wildman–Crippen MR) is 116 cm³/mol. The first-order valence-electron chi connectivity index (χ1n) is 10.2. The Morgan fingerprint density at radius 3 is 2.65 bits per heavy atom. The van der Waals surface area contributed by atoms with Crippen molar-refractivity contribution in [1.29, 1.82) is 0 Å². The minimum atomic E-state index is -0.548. The molecule has 0 unspecified atom stereocenters. The van der Waals surface area contributed by atoms with Gasteiger partial charge in [0, 0.05) is 6.07 Å². The van der Waals surface area contributed by atoms with E-state index in [2.05, 4.69) is 26.3 Å². The summed E-state index contributed by atoms with van der Waals surface area (Å²) in [5.74, 6) is 0.944. The summed E-state index contributed by atoms with van der Waals surface area (Å²) in [6.07, 6.45) is 1.91.